The Kier molecular flexibility index (Phi) is 12.8. The molecule has 6 heteroatoms. The van der Waals surface area contributed by atoms with E-state index in [1.807, 2.05) is 0 Å². The zero-order valence-electron chi connectivity index (χ0n) is 55.8. The first-order valence-corrected chi connectivity index (χ1v) is 34.4. The van der Waals surface area contributed by atoms with Crippen molar-refractivity contribution < 1.29 is 0 Å². The van der Waals surface area contributed by atoms with E-state index in [-0.39, 0.29) is 17.5 Å². The van der Waals surface area contributed by atoms with Gasteiger partial charge in [0.1, 0.15) is 0 Å². The minimum Gasteiger partial charge on any atom is -0.311 e. The molecule has 19 rings (SSSR count). The highest BCUT2D eigenvalue weighted by Gasteiger charge is 2.45. The van der Waals surface area contributed by atoms with Crippen molar-refractivity contribution in [2.24, 2.45) is 0 Å². The molecule has 0 spiro atoms. The van der Waals surface area contributed by atoms with Crippen molar-refractivity contribution >= 4 is 123 Å². The van der Waals surface area contributed by atoms with E-state index >= 15 is 0 Å². The van der Waals surface area contributed by atoms with E-state index in [2.05, 4.69) is 380 Å². The zero-order valence-corrected chi connectivity index (χ0v) is 55.8. The third-order valence-corrected chi connectivity index (χ3v) is 21.1. The molecule has 0 unspecified atom stereocenters. The third-order valence-electron chi connectivity index (χ3n) is 21.1. The lowest BCUT2D eigenvalue weighted by molar-refractivity contribution is 0.590. The van der Waals surface area contributed by atoms with Crippen LogP contribution in [0.4, 0.5) is 34.1 Å². The van der Waals surface area contributed by atoms with E-state index in [0.29, 0.717) is 0 Å². The molecule has 3 aromatic heterocycles. The molecular weight excluding hydrogens is 1190 g/mol. The number of para-hydroxylation sites is 6. The van der Waals surface area contributed by atoms with Crippen LogP contribution in [-0.2, 0) is 10.8 Å². The maximum atomic E-state index is 2.61. The molecule has 2 aliphatic rings. The quantitative estimate of drug-likeness (QED) is 0.141. The predicted octanol–water partition coefficient (Wildman–Crippen LogP) is 22.7. The Hall–Kier alpha value is -11.9. The zero-order chi connectivity index (χ0) is 65.7. The minimum absolute atomic E-state index is 0.0471. The smallest absolute Gasteiger partial charge is 0.252 e. The monoisotopic (exact) mass is 1260 g/mol. The first-order valence-electron chi connectivity index (χ1n) is 34.4. The number of anilines is 6. The Morgan fingerprint density at radius 3 is 0.918 bits per heavy atom. The lowest BCUT2D eigenvalue weighted by Crippen LogP contribution is -2.61. The average molecular weight is 1260 g/mol. The highest BCUT2D eigenvalue weighted by molar-refractivity contribution is 7.00. The van der Waals surface area contributed by atoms with Crippen LogP contribution in [0.1, 0.15) is 52.7 Å². The number of hydrogen-bond acceptors (Lipinski definition) is 2. The first-order chi connectivity index (χ1) is 47.9. The van der Waals surface area contributed by atoms with Crippen LogP contribution in [-0.4, -0.2) is 20.4 Å². The fraction of sp³-hybridized carbons (Fsp3) is 0.0870. The second kappa shape index (κ2) is 21.8. The molecule has 0 amide bonds. The van der Waals surface area contributed by atoms with E-state index in [0.717, 1.165) is 73.3 Å². The van der Waals surface area contributed by atoms with E-state index in [1.54, 1.807) is 0 Å². The van der Waals surface area contributed by atoms with E-state index in [4.69, 9.17) is 0 Å². The van der Waals surface area contributed by atoms with Crippen LogP contribution in [0.3, 0.4) is 0 Å². The maximum Gasteiger partial charge on any atom is 0.252 e. The number of fused-ring (bicyclic) bond motifs is 13. The Bertz CT molecular complexity index is 5740. The summed E-state index contributed by atoms with van der Waals surface area (Å²) < 4.78 is 7.38. The fourth-order valence-electron chi connectivity index (χ4n) is 16.3. The van der Waals surface area contributed by atoms with Crippen LogP contribution in [0.2, 0.25) is 0 Å². The number of nitrogens with zero attached hydrogens (tertiary/aromatic N) is 5. The van der Waals surface area contributed by atoms with Crippen molar-refractivity contribution in [3.63, 3.8) is 0 Å². The SMILES string of the molecule is CC(C)(C)c1ccc(-c2ccc(N3c4cc5c(cc4B4c6cc7c8ccccc8n(-c8ccccc8)c7cc6N(c6ccc(-c7ccc(C(C)(C)C)cc7)cc6)c6cc(-c7ccc8c(c7)c7ccccc7n8-c7ccccc7)cc3c64)c3ccccc3n5-c3ccccc3)cc2)cc1. The second-order valence-electron chi connectivity index (χ2n) is 28.9. The minimum atomic E-state index is -0.203. The van der Waals surface area contributed by atoms with Gasteiger partial charge in [-0.2, -0.15) is 0 Å². The lowest BCUT2D eigenvalue weighted by Gasteiger charge is -2.44. The van der Waals surface area contributed by atoms with Crippen molar-refractivity contribution in [1.82, 2.24) is 13.7 Å². The molecule has 0 radical (unpaired) electrons. The fourth-order valence-corrected chi connectivity index (χ4v) is 16.3. The van der Waals surface area contributed by atoms with Gasteiger partial charge < -0.3 is 23.5 Å². The molecule has 98 heavy (non-hydrogen) atoms. The molecule has 5 heterocycles. The molecule has 2 aliphatic heterocycles. The van der Waals surface area contributed by atoms with Crippen molar-refractivity contribution in [2.75, 3.05) is 9.80 Å². The van der Waals surface area contributed by atoms with Crippen molar-refractivity contribution in [2.45, 2.75) is 52.4 Å². The number of benzene rings is 14. The summed E-state index contributed by atoms with van der Waals surface area (Å²) in [6.07, 6.45) is 0. The molecule has 0 bridgehead atoms. The average Bonchev–Trinajstić information content (AvgIpc) is 1.07. The van der Waals surface area contributed by atoms with Gasteiger partial charge in [-0.3, -0.25) is 0 Å². The Labute approximate surface area is 572 Å². The van der Waals surface area contributed by atoms with Crippen LogP contribution in [0.25, 0.3) is 116 Å². The normalized spacial score (nSPS) is 12.9. The van der Waals surface area contributed by atoms with Gasteiger partial charge in [-0.25, -0.2) is 0 Å². The Morgan fingerprint density at radius 1 is 0.224 bits per heavy atom. The van der Waals surface area contributed by atoms with Gasteiger partial charge in [-0.15, -0.1) is 0 Å². The molecule has 17 aromatic rings. The van der Waals surface area contributed by atoms with Gasteiger partial charge in [0.2, 0.25) is 0 Å². The molecule has 0 N–H and O–H groups in total. The summed E-state index contributed by atoms with van der Waals surface area (Å²) in [7, 11) is 0. The molecule has 0 atom stereocenters. The molecular formula is C92H70BN5. The van der Waals surface area contributed by atoms with Gasteiger partial charge in [0.25, 0.3) is 6.71 Å². The number of aromatic nitrogens is 3. The molecule has 0 saturated heterocycles. The van der Waals surface area contributed by atoms with Crippen molar-refractivity contribution in [3.8, 4) is 50.4 Å². The van der Waals surface area contributed by atoms with Gasteiger partial charge in [-0.05, 0) is 187 Å². The van der Waals surface area contributed by atoms with Gasteiger partial charge in [0.15, 0.2) is 0 Å². The Balaban J connectivity index is 0.930. The number of hydrogen-bond donors (Lipinski definition) is 0. The molecule has 466 valence electrons. The molecule has 5 nitrogen and oxygen atoms in total. The Morgan fingerprint density at radius 2 is 0.541 bits per heavy atom. The standard InChI is InChI=1S/C92H70BN5/c1-91(2,3)65-43-34-59(35-44-65)61-38-47-70(48-39-61)97-86-57-84-76(73-29-17-20-32-81(73)95(84)68-24-12-8-13-25-68)55-78(86)93-79-56-77-74-30-18-21-33-82(74)96(69-26-14-9-15-27-69)85(77)58-87(79)98(71-49-40-62(41-50-71)60-36-45-66(46-37-60)92(4,5)6)89-54-64(53-88(97)90(89)93)63-42-51-83-75(52-63)72-28-16-19-31-80(72)94(83)67-22-10-7-11-23-67/h7-58H,1-6H3. The summed E-state index contributed by atoms with van der Waals surface area (Å²) in [4.78, 5) is 5.22. The second-order valence-corrected chi connectivity index (χ2v) is 28.9. The van der Waals surface area contributed by atoms with Crippen molar-refractivity contribution in [3.05, 3.63) is 327 Å². The predicted molar refractivity (Wildman–Crippen MR) is 417 cm³/mol. The summed E-state index contributed by atoms with van der Waals surface area (Å²) >= 11 is 0. The maximum absolute atomic E-state index is 2.61. The van der Waals surface area contributed by atoms with Crippen LogP contribution in [0.5, 0.6) is 0 Å². The summed E-state index contributed by atoms with van der Waals surface area (Å²) in [6, 6.07) is 119. The van der Waals surface area contributed by atoms with Gasteiger partial charge in [0, 0.05) is 83.5 Å². The highest BCUT2D eigenvalue weighted by atomic mass is 15.2. The summed E-state index contributed by atoms with van der Waals surface area (Å²) in [5.41, 5.74) is 30.7. The third kappa shape index (κ3) is 9.01. The van der Waals surface area contributed by atoms with Gasteiger partial charge in [-0.1, -0.05) is 242 Å². The molecule has 0 fully saturated rings. The van der Waals surface area contributed by atoms with E-state index in [1.165, 1.54) is 104 Å². The molecule has 14 aromatic carbocycles. The van der Waals surface area contributed by atoms with Crippen LogP contribution < -0.4 is 26.2 Å². The molecule has 0 aliphatic carbocycles. The van der Waals surface area contributed by atoms with Crippen molar-refractivity contribution in [1.29, 1.82) is 0 Å². The topological polar surface area (TPSA) is 21.3 Å². The van der Waals surface area contributed by atoms with Gasteiger partial charge in [0.05, 0.1) is 33.1 Å². The van der Waals surface area contributed by atoms with Crippen LogP contribution in [0, 0.1) is 0 Å². The lowest BCUT2D eigenvalue weighted by atomic mass is 9.33. The molecule has 0 saturated carbocycles. The first kappa shape index (κ1) is 57.6. The van der Waals surface area contributed by atoms with Crippen LogP contribution >= 0.6 is 0 Å². The van der Waals surface area contributed by atoms with E-state index < -0.39 is 0 Å². The van der Waals surface area contributed by atoms with Gasteiger partial charge >= 0.3 is 0 Å². The highest BCUT2D eigenvalue weighted by Crippen LogP contribution is 2.50. The largest absolute Gasteiger partial charge is 0.311 e. The van der Waals surface area contributed by atoms with Crippen LogP contribution in [0.15, 0.2) is 315 Å². The summed E-state index contributed by atoms with van der Waals surface area (Å²) in [5, 5.41) is 7.31. The summed E-state index contributed by atoms with van der Waals surface area (Å²) in [6.45, 7) is 13.5. The number of rotatable bonds is 8. The van der Waals surface area contributed by atoms with E-state index in [9.17, 15) is 0 Å². The summed E-state index contributed by atoms with van der Waals surface area (Å²) in [5.74, 6) is 0.